The first-order valence-electron chi connectivity index (χ1n) is 11.4. The van der Waals surface area contributed by atoms with Crippen molar-refractivity contribution in [1.29, 1.82) is 0 Å². The second kappa shape index (κ2) is 10.5. The molecular formula is C26H34N2O3. The lowest BCUT2D eigenvalue weighted by molar-refractivity contribution is -0.136. The summed E-state index contributed by atoms with van der Waals surface area (Å²) in [4.78, 5) is 27.5. The van der Waals surface area contributed by atoms with Crippen molar-refractivity contribution in [1.82, 2.24) is 10.2 Å². The number of nitrogens with zero attached hydrogens (tertiary/aromatic N) is 1. The number of amides is 2. The summed E-state index contributed by atoms with van der Waals surface area (Å²) in [7, 11) is 0. The zero-order chi connectivity index (χ0) is 22.4. The van der Waals surface area contributed by atoms with Crippen molar-refractivity contribution in [3.8, 4) is 5.75 Å². The Balaban J connectivity index is 1.95. The van der Waals surface area contributed by atoms with E-state index in [4.69, 9.17) is 4.74 Å². The van der Waals surface area contributed by atoms with Gasteiger partial charge in [0.05, 0.1) is 6.04 Å². The first-order valence-corrected chi connectivity index (χ1v) is 11.4. The van der Waals surface area contributed by atoms with Gasteiger partial charge in [0.15, 0.2) is 6.10 Å². The van der Waals surface area contributed by atoms with Crippen molar-refractivity contribution < 1.29 is 14.3 Å². The van der Waals surface area contributed by atoms with Gasteiger partial charge in [-0.2, -0.15) is 0 Å². The van der Waals surface area contributed by atoms with Crippen molar-refractivity contribution >= 4 is 11.8 Å². The van der Waals surface area contributed by atoms with Gasteiger partial charge < -0.3 is 15.0 Å². The first kappa shape index (κ1) is 22.9. The highest BCUT2D eigenvalue weighted by Crippen LogP contribution is 2.38. The molecule has 2 unspecified atom stereocenters. The van der Waals surface area contributed by atoms with E-state index in [0.717, 1.165) is 24.0 Å². The molecule has 0 aliphatic carbocycles. The van der Waals surface area contributed by atoms with Crippen LogP contribution in [0.2, 0.25) is 0 Å². The Morgan fingerprint density at radius 1 is 1.13 bits per heavy atom. The number of ether oxygens (including phenoxy) is 1. The van der Waals surface area contributed by atoms with Gasteiger partial charge >= 0.3 is 0 Å². The molecule has 166 valence electrons. The molecule has 2 amide bonds. The first-order chi connectivity index (χ1) is 15.0. The van der Waals surface area contributed by atoms with E-state index in [1.807, 2.05) is 62.9 Å². The van der Waals surface area contributed by atoms with Crippen LogP contribution in [0.15, 0.2) is 48.5 Å². The lowest BCUT2D eigenvalue weighted by atomic mass is 9.87. The van der Waals surface area contributed by atoms with Crippen molar-refractivity contribution in [2.75, 3.05) is 13.1 Å². The van der Waals surface area contributed by atoms with Crippen LogP contribution in [0.3, 0.4) is 0 Å². The molecule has 0 spiro atoms. The van der Waals surface area contributed by atoms with Crippen molar-refractivity contribution in [2.24, 2.45) is 5.92 Å². The number of carbonyl (C=O) groups is 2. The van der Waals surface area contributed by atoms with Crippen molar-refractivity contribution in [3.05, 3.63) is 65.2 Å². The maximum absolute atomic E-state index is 13.0. The monoisotopic (exact) mass is 422 g/mol. The molecule has 5 heteroatoms. The topological polar surface area (TPSA) is 58.6 Å². The van der Waals surface area contributed by atoms with Crippen LogP contribution >= 0.6 is 0 Å². The molecule has 5 nitrogen and oxygen atoms in total. The number of rotatable bonds is 8. The number of hydrogen-bond acceptors (Lipinski definition) is 3. The minimum atomic E-state index is -0.531. The van der Waals surface area contributed by atoms with Crippen LogP contribution in [-0.2, 0) is 16.0 Å². The van der Waals surface area contributed by atoms with Crippen LogP contribution in [-0.4, -0.2) is 35.9 Å². The zero-order valence-corrected chi connectivity index (χ0v) is 19.1. The molecule has 0 saturated heterocycles. The van der Waals surface area contributed by atoms with Crippen LogP contribution in [0.25, 0.3) is 0 Å². The Hall–Kier alpha value is -2.82. The smallest absolute Gasteiger partial charge is 0.261 e. The van der Waals surface area contributed by atoms with E-state index in [0.29, 0.717) is 25.3 Å². The summed E-state index contributed by atoms with van der Waals surface area (Å²) in [6.45, 7) is 9.20. The van der Waals surface area contributed by atoms with E-state index in [-0.39, 0.29) is 23.8 Å². The summed E-state index contributed by atoms with van der Waals surface area (Å²) in [5.41, 5.74) is 3.38. The van der Waals surface area contributed by atoms with Gasteiger partial charge in [-0.15, -0.1) is 0 Å². The maximum Gasteiger partial charge on any atom is 0.261 e. The molecule has 3 rings (SSSR count). The molecule has 0 aromatic heterocycles. The zero-order valence-electron chi connectivity index (χ0n) is 19.1. The summed E-state index contributed by atoms with van der Waals surface area (Å²) in [6, 6.07) is 16.0. The van der Waals surface area contributed by atoms with Gasteiger partial charge in [-0.3, -0.25) is 9.59 Å². The quantitative estimate of drug-likeness (QED) is 0.681. The fraction of sp³-hybridized carbons (Fsp3) is 0.462. The fourth-order valence-electron chi connectivity index (χ4n) is 4.08. The average Bonchev–Trinajstić information content (AvgIpc) is 2.80. The van der Waals surface area contributed by atoms with Gasteiger partial charge in [0.1, 0.15) is 5.75 Å². The molecule has 0 bridgehead atoms. The molecule has 0 radical (unpaired) electrons. The Morgan fingerprint density at radius 2 is 1.87 bits per heavy atom. The lowest BCUT2D eigenvalue weighted by Crippen LogP contribution is -2.42. The molecule has 0 saturated carbocycles. The Kier molecular flexibility index (Phi) is 7.72. The van der Waals surface area contributed by atoms with Gasteiger partial charge in [0, 0.05) is 19.0 Å². The van der Waals surface area contributed by atoms with Gasteiger partial charge in [-0.1, -0.05) is 64.1 Å². The Labute approximate surface area is 185 Å². The summed E-state index contributed by atoms with van der Waals surface area (Å²) in [5.74, 6) is 0.658. The highest BCUT2D eigenvalue weighted by atomic mass is 16.5. The van der Waals surface area contributed by atoms with Crippen LogP contribution in [0.1, 0.15) is 63.3 Å². The normalized spacial score (nSPS) is 16.5. The maximum atomic E-state index is 13.0. The van der Waals surface area contributed by atoms with E-state index < -0.39 is 6.10 Å². The highest BCUT2D eigenvalue weighted by molar-refractivity contribution is 5.81. The molecule has 2 aromatic rings. The summed E-state index contributed by atoms with van der Waals surface area (Å²) in [5, 5.41) is 2.92. The lowest BCUT2D eigenvalue weighted by Gasteiger charge is -2.39. The highest BCUT2D eigenvalue weighted by Gasteiger charge is 2.33. The molecule has 1 aliphatic heterocycles. The standard InChI is InChI=1S/C26H34N2O3/c1-5-15-27-25(29)23(6-2)31-21-13-12-19-14-16-28(26(30)18(3)4)24(22(19)17-21)20-10-8-7-9-11-20/h7-13,17-18,23-24H,5-6,14-16H2,1-4H3,(H,27,29). The molecular weight excluding hydrogens is 388 g/mol. The molecule has 0 fully saturated rings. The Bertz CT molecular complexity index is 895. The number of nitrogens with one attached hydrogen (secondary N) is 1. The van der Waals surface area contributed by atoms with Gasteiger partial charge in [0.2, 0.25) is 5.91 Å². The predicted molar refractivity (Wildman–Crippen MR) is 123 cm³/mol. The molecule has 2 atom stereocenters. The predicted octanol–water partition coefficient (Wildman–Crippen LogP) is 4.50. The molecule has 2 aromatic carbocycles. The van der Waals surface area contributed by atoms with E-state index in [1.165, 1.54) is 5.56 Å². The second-order valence-corrected chi connectivity index (χ2v) is 8.42. The van der Waals surface area contributed by atoms with Gasteiger partial charge in [-0.25, -0.2) is 0 Å². The van der Waals surface area contributed by atoms with E-state index in [2.05, 4.69) is 23.5 Å². The third kappa shape index (κ3) is 5.27. The van der Waals surface area contributed by atoms with E-state index in [1.54, 1.807) is 0 Å². The largest absolute Gasteiger partial charge is 0.481 e. The average molecular weight is 423 g/mol. The molecule has 31 heavy (non-hydrogen) atoms. The fourth-order valence-corrected chi connectivity index (χ4v) is 4.08. The van der Waals surface area contributed by atoms with Crippen molar-refractivity contribution in [3.63, 3.8) is 0 Å². The number of hydrogen-bond donors (Lipinski definition) is 1. The third-order valence-electron chi connectivity index (χ3n) is 5.73. The van der Waals surface area contributed by atoms with E-state index >= 15 is 0 Å². The van der Waals surface area contributed by atoms with Crippen molar-refractivity contribution in [2.45, 2.75) is 59.1 Å². The summed E-state index contributed by atoms with van der Waals surface area (Å²) < 4.78 is 6.10. The molecule has 1 aliphatic rings. The molecule has 1 N–H and O–H groups in total. The number of carbonyl (C=O) groups excluding carboxylic acids is 2. The number of benzene rings is 2. The second-order valence-electron chi connectivity index (χ2n) is 8.42. The van der Waals surface area contributed by atoms with E-state index in [9.17, 15) is 9.59 Å². The van der Waals surface area contributed by atoms with Gasteiger partial charge in [-0.05, 0) is 48.1 Å². The summed E-state index contributed by atoms with van der Waals surface area (Å²) >= 11 is 0. The number of fused-ring (bicyclic) bond motifs is 1. The van der Waals surface area contributed by atoms with Gasteiger partial charge in [0.25, 0.3) is 5.91 Å². The minimum Gasteiger partial charge on any atom is -0.481 e. The summed E-state index contributed by atoms with van der Waals surface area (Å²) in [6.07, 6.45) is 1.76. The SMILES string of the molecule is CCCNC(=O)C(CC)Oc1ccc2c(c1)C(c1ccccc1)N(C(=O)C(C)C)CC2. The van der Waals surface area contributed by atoms with Crippen LogP contribution in [0.5, 0.6) is 5.75 Å². The van der Waals surface area contributed by atoms with Crippen LogP contribution in [0, 0.1) is 5.92 Å². The third-order valence-corrected chi connectivity index (χ3v) is 5.73. The Morgan fingerprint density at radius 3 is 2.52 bits per heavy atom. The van der Waals surface area contributed by atoms with Crippen LogP contribution < -0.4 is 10.1 Å². The van der Waals surface area contributed by atoms with Crippen LogP contribution in [0.4, 0.5) is 0 Å². The minimum absolute atomic E-state index is 0.0704. The molecule has 1 heterocycles.